The Labute approximate surface area is 132 Å². The second kappa shape index (κ2) is 6.55. The van der Waals surface area contributed by atoms with Crippen molar-refractivity contribution in [2.75, 3.05) is 5.75 Å². The van der Waals surface area contributed by atoms with Crippen molar-refractivity contribution in [2.24, 2.45) is 0 Å². The smallest absolute Gasteiger partial charge is 0.173 e. The normalized spacial score (nSPS) is 10.6. The highest BCUT2D eigenvalue weighted by Crippen LogP contribution is 2.21. The zero-order valence-corrected chi connectivity index (χ0v) is 14.1. The van der Waals surface area contributed by atoms with E-state index >= 15 is 0 Å². The summed E-state index contributed by atoms with van der Waals surface area (Å²) in [6.45, 7) is 6.09. The fraction of sp³-hybridized carbons (Fsp3) is 0.250. The molecule has 4 heteroatoms. The Morgan fingerprint density at radius 3 is 2.50 bits per heavy atom. The highest BCUT2D eigenvalue weighted by Gasteiger charge is 2.11. The largest absolute Gasteiger partial charge is 0.293 e. The molecule has 0 atom stereocenters. The van der Waals surface area contributed by atoms with E-state index in [9.17, 15) is 4.79 Å². The standard InChI is InChI=1S/C16H16BrNOS/c1-10-6-12(3)14(7-11(10)2)15(19)9-20-16-5-4-13(17)8-18-16/h4-8H,9H2,1-3H3. The summed E-state index contributed by atoms with van der Waals surface area (Å²) in [7, 11) is 0. The van der Waals surface area contributed by atoms with Crippen LogP contribution in [0.1, 0.15) is 27.0 Å². The zero-order chi connectivity index (χ0) is 14.7. The molecular formula is C16H16BrNOS. The van der Waals surface area contributed by atoms with Crippen LogP contribution < -0.4 is 0 Å². The van der Waals surface area contributed by atoms with Gasteiger partial charge < -0.3 is 0 Å². The third-order valence-electron chi connectivity index (χ3n) is 3.19. The van der Waals surface area contributed by atoms with Gasteiger partial charge in [-0.15, -0.1) is 0 Å². The van der Waals surface area contributed by atoms with E-state index in [1.54, 1.807) is 6.20 Å². The van der Waals surface area contributed by atoms with Crippen molar-refractivity contribution in [3.8, 4) is 0 Å². The predicted octanol–water partition coefficient (Wildman–Crippen LogP) is 4.74. The van der Waals surface area contributed by atoms with Crippen molar-refractivity contribution >= 4 is 33.5 Å². The first-order valence-electron chi connectivity index (χ1n) is 6.33. The second-order valence-corrected chi connectivity index (χ2v) is 6.69. The van der Waals surface area contributed by atoms with Crippen LogP contribution in [0.5, 0.6) is 0 Å². The van der Waals surface area contributed by atoms with Gasteiger partial charge in [-0.25, -0.2) is 4.98 Å². The first-order valence-corrected chi connectivity index (χ1v) is 8.10. The summed E-state index contributed by atoms with van der Waals surface area (Å²) in [5, 5.41) is 0.864. The Bertz CT molecular complexity index is 638. The highest BCUT2D eigenvalue weighted by atomic mass is 79.9. The molecule has 2 rings (SSSR count). The molecule has 0 saturated carbocycles. The van der Waals surface area contributed by atoms with Crippen LogP contribution in [0.4, 0.5) is 0 Å². The predicted molar refractivity (Wildman–Crippen MR) is 87.6 cm³/mol. The molecule has 20 heavy (non-hydrogen) atoms. The molecule has 1 aromatic carbocycles. The fourth-order valence-corrected chi connectivity index (χ4v) is 2.89. The summed E-state index contributed by atoms with van der Waals surface area (Å²) in [5.74, 6) is 0.568. The van der Waals surface area contributed by atoms with Crippen LogP contribution in [0.15, 0.2) is 40.0 Å². The van der Waals surface area contributed by atoms with Crippen molar-refractivity contribution in [3.63, 3.8) is 0 Å². The number of nitrogens with zero attached hydrogens (tertiary/aromatic N) is 1. The van der Waals surface area contributed by atoms with E-state index in [4.69, 9.17) is 0 Å². The third-order valence-corrected chi connectivity index (χ3v) is 4.61. The van der Waals surface area contributed by atoms with Gasteiger partial charge >= 0.3 is 0 Å². The molecular weight excluding hydrogens is 334 g/mol. The SMILES string of the molecule is Cc1cc(C)c(C(=O)CSc2ccc(Br)cn2)cc1C. The Morgan fingerprint density at radius 1 is 1.15 bits per heavy atom. The lowest BCUT2D eigenvalue weighted by Crippen LogP contribution is -2.06. The Morgan fingerprint density at radius 2 is 1.85 bits per heavy atom. The molecule has 0 saturated heterocycles. The first-order chi connectivity index (χ1) is 9.47. The van der Waals surface area contributed by atoms with Gasteiger partial charge in [0.1, 0.15) is 0 Å². The molecule has 104 valence electrons. The van der Waals surface area contributed by atoms with Crippen LogP contribution in [-0.4, -0.2) is 16.5 Å². The zero-order valence-electron chi connectivity index (χ0n) is 11.7. The average Bonchev–Trinajstić information content (AvgIpc) is 2.42. The second-order valence-electron chi connectivity index (χ2n) is 4.78. The summed E-state index contributed by atoms with van der Waals surface area (Å²) in [5.41, 5.74) is 4.24. The molecule has 0 unspecified atom stereocenters. The monoisotopic (exact) mass is 349 g/mol. The van der Waals surface area contributed by atoms with Gasteiger partial charge in [-0.1, -0.05) is 17.8 Å². The van der Waals surface area contributed by atoms with Gasteiger partial charge in [-0.05, 0) is 71.6 Å². The molecule has 2 aromatic rings. The van der Waals surface area contributed by atoms with Crippen LogP contribution in [0.25, 0.3) is 0 Å². The quantitative estimate of drug-likeness (QED) is 0.589. The maximum Gasteiger partial charge on any atom is 0.173 e. The van der Waals surface area contributed by atoms with E-state index in [1.165, 1.54) is 17.3 Å². The van der Waals surface area contributed by atoms with Gasteiger partial charge in [0.05, 0.1) is 10.8 Å². The van der Waals surface area contributed by atoms with E-state index in [1.807, 2.05) is 32.0 Å². The molecule has 0 aliphatic rings. The molecule has 0 aliphatic carbocycles. The van der Waals surface area contributed by atoms with Gasteiger partial charge in [0, 0.05) is 16.2 Å². The molecule has 1 heterocycles. The van der Waals surface area contributed by atoms with Gasteiger partial charge in [-0.3, -0.25) is 4.79 Å². The van der Waals surface area contributed by atoms with Crippen molar-refractivity contribution in [1.82, 2.24) is 4.98 Å². The minimum absolute atomic E-state index is 0.153. The number of carbonyl (C=O) groups is 1. The minimum Gasteiger partial charge on any atom is -0.293 e. The molecule has 0 amide bonds. The van der Waals surface area contributed by atoms with Crippen molar-refractivity contribution in [3.05, 3.63) is 57.2 Å². The number of aromatic nitrogens is 1. The topological polar surface area (TPSA) is 30.0 Å². The molecule has 0 radical (unpaired) electrons. The summed E-state index contributed by atoms with van der Waals surface area (Å²) >= 11 is 4.82. The van der Waals surface area contributed by atoms with E-state index < -0.39 is 0 Å². The van der Waals surface area contributed by atoms with Crippen molar-refractivity contribution < 1.29 is 4.79 Å². The number of hydrogen-bond donors (Lipinski definition) is 0. The number of benzene rings is 1. The molecule has 0 aliphatic heterocycles. The number of thioether (sulfide) groups is 1. The fourth-order valence-electron chi connectivity index (χ4n) is 1.93. The maximum absolute atomic E-state index is 12.3. The number of hydrogen-bond acceptors (Lipinski definition) is 3. The first kappa shape index (κ1) is 15.3. The Kier molecular flexibility index (Phi) is 5.00. The number of Topliss-reactive ketones (excluding diaryl/α,β-unsaturated/α-hetero) is 1. The summed E-state index contributed by atoms with van der Waals surface area (Å²) in [4.78, 5) is 16.6. The number of ketones is 1. The number of halogens is 1. The number of carbonyl (C=O) groups excluding carboxylic acids is 1. The van der Waals surface area contributed by atoms with Gasteiger partial charge in [0.25, 0.3) is 0 Å². The van der Waals surface area contributed by atoms with Crippen LogP contribution in [0, 0.1) is 20.8 Å². The molecule has 0 spiro atoms. The lowest BCUT2D eigenvalue weighted by molar-refractivity contribution is 0.102. The van der Waals surface area contributed by atoms with Gasteiger partial charge in [0.15, 0.2) is 5.78 Å². The summed E-state index contributed by atoms with van der Waals surface area (Å²) in [6, 6.07) is 7.91. The van der Waals surface area contributed by atoms with Crippen molar-refractivity contribution in [2.45, 2.75) is 25.8 Å². The molecule has 2 nitrogen and oxygen atoms in total. The minimum atomic E-state index is 0.153. The average molecular weight is 350 g/mol. The van der Waals surface area contributed by atoms with E-state index in [2.05, 4.69) is 33.9 Å². The Hall–Kier alpha value is -1.13. The van der Waals surface area contributed by atoms with E-state index in [0.717, 1.165) is 26.2 Å². The van der Waals surface area contributed by atoms with Crippen molar-refractivity contribution in [1.29, 1.82) is 0 Å². The molecule has 0 fully saturated rings. The van der Waals surface area contributed by atoms with E-state index in [0.29, 0.717) is 5.75 Å². The number of aryl methyl sites for hydroxylation is 3. The van der Waals surface area contributed by atoms with Crippen LogP contribution in [-0.2, 0) is 0 Å². The van der Waals surface area contributed by atoms with Crippen LogP contribution in [0.3, 0.4) is 0 Å². The van der Waals surface area contributed by atoms with Crippen LogP contribution >= 0.6 is 27.7 Å². The molecule has 0 N–H and O–H groups in total. The van der Waals surface area contributed by atoms with Gasteiger partial charge in [0.2, 0.25) is 0 Å². The number of rotatable bonds is 4. The summed E-state index contributed by atoms with van der Waals surface area (Å²) < 4.78 is 0.943. The molecule has 1 aromatic heterocycles. The van der Waals surface area contributed by atoms with Crippen LogP contribution in [0.2, 0.25) is 0 Å². The van der Waals surface area contributed by atoms with Gasteiger partial charge in [-0.2, -0.15) is 0 Å². The lowest BCUT2D eigenvalue weighted by Gasteiger charge is -2.08. The maximum atomic E-state index is 12.3. The Balaban J connectivity index is 2.09. The highest BCUT2D eigenvalue weighted by molar-refractivity contribution is 9.10. The third kappa shape index (κ3) is 3.70. The number of pyridine rings is 1. The van der Waals surface area contributed by atoms with E-state index in [-0.39, 0.29) is 5.78 Å². The lowest BCUT2D eigenvalue weighted by atomic mass is 9.99. The summed E-state index contributed by atoms with van der Waals surface area (Å²) in [6.07, 6.45) is 1.74. The molecule has 0 bridgehead atoms.